The van der Waals surface area contributed by atoms with Gasteiger partial charge < -0.3 is 4.74 Å². The van der Waals surface area contributed by atoms with E-state index < -0.39 is 22.4 Å². The highest BCUT2D eigenvalue weighted by atomic mass is 32.2. The highest BCUT2D eigenvalue weighted by Crippen LogP contribution is 2.00. The Morgan fingerprint density at radius 2 is 2.00 bits per heavy atom. The van der Waals surface area contributed by atoms with E-state index in [1.165, 1.54) is 0 Å². The summed E-state index contributed by atoms with van der Waals surface area (Å²) in [5, 5.41) is 2.32. The molecule has 0 aliphatic carbocycles. The van der Waals surface area contributed by atoms with Gasteiger partial charge in [0.2, 0.25) is 0 Å². The fourth-order valence-electron chi connectivity index (χ4n) is 0.887. The zero-order valence-corrected chi connectivity index (χ0v) is 10.7. The molecule has 7 heteroatoms. The summed E-state index contributed by atoms with van der Waals surface area (Å²) in [6.45, 7) is 3.99. The molecule has 0 fully saturated rings. The molecule has 0 aromatic heterocycles. The second-order valence-electron chi connectivity index (χ2n) is 3.33. The minimum absolute atomic E-state index is 0.317. The molecule has 0 aromatic rings. The normalized spacial score (nSPS) is 13.2. The Morgan fingerprint density at radius 1 is 1.38 bits per heavy atom. The maximum absolute atomic E-state index is 11.2. The fraction of sp³-hybridized carbons (Fsp3) is 0.889. The third kappa shape index (κ3) is 8.49. The van der Waals surface area contributed by atoms with Crippen LogP contribution < -0.4 is 5.32 Å². The van der Waals surface area contributed by atoms with Crippen molar-refractivity contribution >= 4 is 16.2 Å². The summed E-state index contributed by atoms with van der Waals surface area (Å²) in [6, 6.07) is 0. The second kappa shape index (κ2) is 7.45. The van der Waals surface area contributed by atoms with E-state index in [1.54, 1.807) is 6.92 Å². The Labute approximate surface area is 96.4 Å². The van der Waals surface area contributed by atoms with Crippen LogP contribution in [0.2, 0.25) is 0 Å². The van der Waals surface area contributed by atoms with Gasteiger partial charge >= 0.3 is 6.09 Å². The first-order chi connectivity index (χ1) is 7.39. The average molecular weight is 253 g/mol. The molecule has 0 bridgehead atoms. The molecular formula is C9H19NO5S. The number of hydrogen-bond donors (Lipinski definition) is 1. The SMILES string of the molecule is CCCCOC(=O)NC(CC)OS(C)(=O)=O. The number of unbranched alkanes of at least 4 members (excludes halogenated alkanes) is 1. The van der Waals surface area contributed by atoms with E-state index in [4.69, 9.17) is 4.74 Å². The molecule has 0 rings (SSSR count). The molecule has 0 saturated carbocycles. The van der Waals surface area contributed by atoms with Crippen LogP contribution in [-0.2, 0) is 19.0 Å². The number of alkyl carbamates (subject to hydrolysis) is 1. The smallest absolute Gasteiger partial charge is 0.409 e. The van der Waals surface area contributed by atoms with Gasteiger partial charge in [0, 0.05) is 0 Å². The minimum atomic E-state index is -3.58. The zero-order chi connectivity index (χ0) is 12.6. The number of rotatable bonds is 7. The highest BCUT2D eigenvalue weighted by Gasteiger charge is 2.16. The zero-order valence-electron chi connectivity index (χ0n) is 9.86. The van der Waals surface area contributed by atoms with Crippen LogP contribution in [0.1, 0.15) is 33.1 Å². The largest absolute Gasteiger partial charge is 0.450 e. The number of amides is 1. The molecule has 0 spiro atoms. The van der Waals surface area contributed by atoms with Crippen molar-refractivity contribution in [1.82, 2.24) is 5.32 Å². The van der Waals surface area contributed by atoms with Gasteiger partial charge in [-0.25, -0.2) is 8.98 Å². The quantitative estimate of drug-likeness (QED) is 0.419. The van der Waals surface area contributed by atoms with Crippen molar-refractivity contribution in [2.75, 3.05) is 12.9 Å². The lowest BCUT2D eigenvalue weighted by molar-refractivity contribution is 0.111. The molecule has 0 saturated heterocycles. The summed E-state index contributed by atoms with van der Waals surface area (Å²) in [4.78, 5) is 11.2. The lowest BCUT2D eigenvalue weighted by atomic mass is 10.4. The first kappa shape index (κ1) is 15.2. The molecular weight excluding hydrogens is 234 g/mol. The van der Waals surface area contributed by atoms with Gasteiger partial charge in [-0.15, -0.1) is 0 Å². The van der Waals surface area contributed by atoms with Crippen molar-refractivity contribution in [3.63, 3.8) is 0 Å². The van der Waals surface area contributed by atoms with E-state index >= 15 is 0 Å². The summed E-state index contributed by atoms with van der Waals surface area (Å²) in [6.07, 6.45) is 1.44. The molecule has 6 nitrogen and oxygen atoms in total. The summed E-state index contributed by atoms with van der Waals surface area (Å²) in [5.41, 5.74) is 0. The van der Waals surface area contributed by atoms with Gasteiger partial charge in [-0.05, 0) is 12.8 Å². The van der Waals surface area contributed by atoms with Crippen LogP contribution in [-0.4, -0.2) is 33.6 Å². The standard InChI is InChI=1S/C9H19NO5S/c1-4-6-7-14-9(11)10-8(5-2)15-16(3,12)13/h8H,4-7H2,1-3H3,(H,10,11). The van der Waals surface area contributed by atoms with Crippen LogP contribution in [0.3, 0.4) is 0 Å². The van der Waals surface area contributed by atoms with Crippen molar-refractivity contribution in [3.8, 4) is 0 Å². The topological polar surface area (TPSA) is 81.7 Å². The average Bonchev–Trinajstić information content (AvgIpc) is 2.15. The Morgan fingerprint density at radius 3 is 2.44 bits per heavy atom. The maximum atomic E-state index is 11.2. The van der Waals surface area contributed by atoms with Gasteiger partial charge in [0.25, 0.3) is 10.1 Å². The third-order valence-electron chi connectivity index (χ3n) is 1.67. The van der Waals surface area contributed by atoms with E-state index in [2.05, 4.69) is 9.50 Å². The molecule has 0 radical (unpaired) electrons. The Bertz CT molecular complexity index is 301. The number of nitrogens with one attached hydrogen (secondary N) is 1. The van der Waals surface area contributed by atoms with Crippen LogP contribution in [0.15, 0.2) is 0 Å². The van der Waals surface area contributed by atoms with E-state index in [0.717, 1.165) is 19.1 Å². The lowest BCUT2D eigenvalue weighted by Gasteiger charge is -2.15. The van der Waals surface area contributed by atoms with E-state index in [9.17, 15) is 13.2 Å². The summed E-state index contributed by atoms with van der Waals surface area (Å²) < 4.78 is 31.1. The van der Waals surface area contributed by atoms with Gasteiger partial charge in [-0.2, -0.15) is 8.42 Å². The molecule has 0 aromatic carbocycles. The van der Waals surface area contributed by atoms with Crippen molar-refractivity contribution < 1.29 is 22.1 Å². The van der Waals surface area contributed by atoms with Crippen molar-refractivity contribution in [1.29, 1.82) is 0 Å². The van der Waals surface area contributed by atoms with Gasteiger partial charge in [-0.1, -0.05) is 20.3 Å². The predicted octanol–water partition coefficient (Wildman–Crippen LogP) is 1.23. The molecule has 1 atom stereocenters. The fourth-order valence-corrected chi connectivity index (χ4v) is 1.49. The second-order valence-corrected chi connectivity index (χ2v) is 4.93. The number of carbonyl (C=O) groups excluding carboxylic acids is 1. The molecule has 1 unspecified atom stereocenters. The molecule has 96 valence electrons. The molecule has 0 heterocycles. The lowest BCUT2D eigenvalue weighted by Crippen LogP contribution is -2.38. The maximum Gasteiger partial charge on any atom is 0.409 e. The Balaban J connectivity index is 3.98. The van der Waals surface area contributed by atoms with Crippen molar-refractivity contribution in [3.05, 3.63) is 0 Å². The molecule has 16 heavy (non-hydrogen) atoms. The molecule has 0 aliphatic rings. The van der Waals surface area contributed by atoms with Gasteiger partial charge in [0.15, 0.2) is 6.23 Å². The van der Waals surface area contributed by atoms with Gasteiger partial charge in [0.1, 0.15) is 0 Å². The van der Waals surface area contributed by atoms with Crippen LogP contribution >= 0.6 is 0 Å². The number of ether oxygens (including phenoxy) is 1. The molecule has 0 aliphatic heterocycles. The van der Waals surface area contributed by atoms with Crippen LogP contribution in [0.25, 0.3) is 0 Å². The van der Waals surface area contributed by atoms with Gasteiger partial charge in [0.05, 0.1) is 12.9 Å². The highest BCUT2D eigenvalue weighted by molar-refractivity contribution is 7.86. The monoisotopic (exact) mass is 253 g/mol. The van der Waals surface area contributed by atoms with Crippen molar-refractivity contribution in [2.24, 2.45) is 0 Å². The first-order valence-corrected chi connectivity index (χ1v) is 7.02. The third-order valence-corrected chi connectivity index (χ3v) is 2.25. The van der Waals surface area contributed by atoms with Crippen molar-refractivity contribution in [2.45, 2.75) is 39.3 Å². The van der Waals surface area contributed by atoms with E-state index in [0.29, 0.717) is 13.0 Å². The number of hydrogen-bond acceptors (Lipinski definition) is 5. The summed E-state index contributed by atoms with van der Waals surface area (Å²) in [5.74, 6) is 0. The van der Waals surface area contributed by atoms with Gasteiger partial charge in [-0.3, -0.25) is 5.32 Å². The Kier molecular flexibility index (Phi) is 7.07. The van der Waals surface area contributed by atoms with E-state index in [1.807, 2.05) is 6.92 Å². The molecule has 1 N–H and O–H groups in total. The van der Waals surface area contributed by atoms with Crippen LogP contribution in [0.4, 0.5) is 4.79 Å². The number of carbonyl (C=O) groups is 1. The Hall–Kier alpha value is -0.820. The minimum Gasteiger partial charge on any atom is -0.450 e. The summed E-state index contributed by atoms with van der Waals surface area (Å²) >= 11 is 0. The summed E-state index contributed by atoms with van der Waals surface area (Å²) in [7, 11) is -3.58. The van der Waals surface area contributed by atoms with Crippen LogP contribution in [0, 0.1) is 0 Å². The molecule has 1 amide bonds. The first-order valence-electron chi connectivity index (χ1n) is 5.20. The predicted molar refractivity (Wildman–Crippen MR) is 59.4 cm³/mol. The van der Waals surface area contributed by atoms with Crippen LogP contribution in [0.5, 0.6) is 0 Å². The van der Waals surface area contributed by atoms with E-state index in [-0.39, 0.29) is 0 Å².